The number of H-pyrrole nitrogens is 1. The van der Waals surface area contributed by atoms with E-state index in [9.17, 15) is 14.9 Å². The van der Waals surface area contributed by atoms with E-state index in [2.05, 4.69) is 33.9 Å². The van der Waals surface area contributed by atoms with E-state index in [4.69, 9.17) is 0 Å². The van der Waals surface area contributed by atoms with Gasteiger partial charge in [0.05, 0.1) is 16.8 Å². The van der Waals surface area contributed by atoms with Crippen LogP contribution in [0.4, 0.5) is 5.69 Å². The number of non-ortho nitro benzene ring substituents is 1. The Kier molecular flexibility index (Phi) is 5.37. The standard InChI is InChI=1S/C25H22N6O3/c1-15(2)21-14-27-30-22(28-25(32)29-24(21)30)10-7-16-5-3-4-6-19(16)23-20-9-8-18(31(33)34)13-17(20)11-12-26-23/h3-6,8-9,11-15H,7,10H2,1-2H3,(H,29,32). The van der Waals surface area contributed by atoms with Crippen molar-refractivity contribution >= 4 is 22.1 Å². The molecule has 0 unspecified atom stereocenters. The minimum absolute atomic E-state index is 0.0438. The summed E-state index contributed by atoms with van der Waals surface area (Å²) in [7, 11) is 0. The first-order valence-electron chi connectivity index (χ1n) is 11.0. The Bertz CT molecular complexity index is 1600. The summed E-state index contributed by atoms with van der Waals surface area (Å²) in [6.45, 7) is 4.11. The van der Waals surface area contributed by atoms with Gasteiger partial charge >= 0.3 is 5.69 Å². The fraction of sp³-hybridized carbons (Fsp3) is 0.200. The first kappa shape index (κ1) is 21.4. The number of nitro groups is 1. The number of benzene rings is 2. The molecule has 0 saturated heterocycles. The van der Waals surface area contributed by atoms with E-state index in [1.54, 1.807) is 35.1 Å². The van der Waals surface area contributed by atoms with E-state index in [1.165, 1.54) is 6.07 Å². The maximum absolute atomic E-state index is 12.2. The highest BCUT2D eigenvalue weighted by atomic mass is 16.6. The lowest BCUT2D eigenvalue weighted by molar-refractivity contribution is -0.384. The summed E-state index contributed by atoms with van der Waals surface area (Å²) in [5, 5.41) is 17.2. The number of aromatic amines is 1. The lowest BCUT2D eigenvalue weighted by Gasteiger charge is -2.12. The van der Waals surface area contributed by atoms with Gasteiger partial charge in [0.2, 0.25) is 0 Å². The van der Waals surface area contributed by atoms with E-state index in [-0.39, 0.29) is 11.6 Å². The Labute approximate surface area is 194 Å². The van der Waals surface area contributed by atoms with Crippen molar-refractivity contribution in [3.63, 3.8) is 0 Å². The van der Waals surface area contributed by atoms with E-state index in [0.717, 1.165) is 33.2 Å². The third-order valence-electron chi connectivity index (χ3n) is 5.97. The van der Waals surface area contributed by atoms with Crippen LogP contribution >= 0.6 is 0 Å². The highest BCUT2D eigenvalue weighted by molar-refractivity contribution is 5.96. The van der Waals surface area contributed by atoms with Gasteiger partial charge in [-0.3, -0.25) is 20.1 Å². The Morgan fingerprint density at radius 1 is 1.12 bits per heavy atom. The Balaban J connectivity index is 1.54. The van der Waals surface area contributed by atoms with Gasteiger partial charge in [0.15, 0.2) is 0 Å². The molecular weight excluding hydrogens is 432 g/mol. The highest BCUT2D eigenvalue weighted by Gasteiger charge is 2.16. The number of nitrogens with zero attached hydrogens (tertiary/aromatic N) is 5. The first-order valence-corrected chi connectivity index (χ1v) is 11.0. The summed E-state index contributed by atoms with van der Waals surface area (Å²) in [5.41, 5.74) is 4.02. The Morgan fingerprint density at radius 3 is 2.74 bits per heavy atom. The van der Waals surface area contributed by atoms with Crippen LogP contribution in [-0.4, -0.2) is 29.5 Å². The number of rotatable bonds is 6. The normalized spacial score (nSPS) is 11.5. The molecule has 3 heterocycles. The highest BCUT2D eigenvalue weighted by Crippen LogP contribution is 2.31. The van der Waals surface area contributed by atoms with Gasteiger partial charge in [-0.05, 0) is 35.4 Å². The van der Waals surface area contributed by atoms with Crippen LogP contribution in [0.15, 0.2) is 65.7 Å². The molecule has 0 aliphatic heterocycles. The zero-order chi connectivity index (χ0) is 23.8. The number of aryl methyl sites for hydroxylation is 2. The van der Waals surface area contributed by atoms with Gasteiger partial charge in [0.25, 0.3) is 5.69 Å². The summed E-state index contributed by atoms with van der Waals surface area (Å²) in [6, 6.07) is 14.5. The number of fused-ring (bicyclic) bond motifs is 2. The fourth-order valence-corrected chi connectivity index (χ4v) is 4.27. The lowest BCUT2D eigenvalue weighted by atomic mass is 9.96. The van der Waals surface area contributed by atoms with Crippen molar-refractivity contribution in [2.24, 2.45) is 0 Å². The monoisotopic (exact) mass is 454 g/mol. The summed E-state index contributed by atoms with van der Waals surface area (Å²) in [4.78, 5) is 34.6. The van der Waals surface area contributed by atoms with Gasteiger partial charge in [-0.2, -0.15) is 10.1 Å². The fourth-order valence-electron chi connectivity index (χ4n) is 4.27. The average molecular weight is 454 g/mol. The van der Waals surface area contributed by atoms with Gasteiger partial charge in [-0.1, -0.05) is 38.1 Å². The third kappa shape index (κ3) is 3.81. The minimum Gasteiger partial charge on any atom is -0.290 e. The van der Waals surface area contributed by atoms with Crippen LogP contribution in [0, 0.1) is 10.1 Å². The quantitative estimate of drug-likeness (QED) is 0.299. The molecule has 0 amide bonds. The van der Waals surface area contributed by atoms with Crippen molar-refractivity contribution < 1.29 is 4.92 Å². The molecule has 2 aromatic carbocycles. The summed E-state index contributed by atoms with van der Waals surface area (Å²) < 4.78 is 1.70. The topological polar surface area (TPSA) is 119 Å². The second-order valence-electron chi connectivity index (χ2n) is 8.45. The van der Waals surface area contributed by atoms with Crippen molar-refractivity contribution in [1.29, 1.82) is 0 Å². The van der Waals surface area contributed by atoms with Gasteiger partial charge in [0, 0.05) is 41.3 Å². The van der Waals surface area contributed by atoms with Crippen LogP contribution < -0.4 is 5.69 Å². The van der Waals surface area contributed by atoms with Crippen molar-refractivity contribution in [2.75, 3.05) is 0 Å². The Morgan fingerprint density at radius 2 is 1.94 bits per heavy atom. The number of aromatic nitrogens is 5. The molecule has 0 aliphatic rings. The molecule has 0 fully saturated rings. The summed E-state index contributed by atoms with van der Waals surface area (Å²) >= 11 is 0. The number of hydrogen-bond donors (Lipinski definition) is 1. The maximum atomic E-state index is 12.2. The van der Waals surface area contributed by atoms with E-state index in [1.807, 2.05) is 24.3 Å². The SMILES string of the molecule is CC(C)c1cnn2c(CCc3ccccc3-c3nccc4cc([N+](=O)[O-])ccc34)nc(=O)[nH]c12. The van der Waals surface area contributed by atoms with Crippen LogP contribution in [0.25, 0.3) is 27.7 Å². The molecule has 170 valence electrons. The predicted molar refractivity (Wildman–Crippen MR) is 129 cm³/mol. The third-order valence-corrected chi connectivity index (χ3v) is 5.97. The van der Waals surface area contributed by atoms with Crippen LogP contribution in [0.1, 0.15) is 36.7 Å². The molecule has 0 aliphatic carbocycles. The van der Waals surface area contributed by atoms with Crippen LogP contribution in [0.3, 0.4) is 0 Å². The van der Waals surface area contributed by atoms with Crippen LogP contribution in [0.2, 0.25) is 0 Å². The minimum atomic E-state index is -0.400. The molecule has 5 aromatic rings. The molecule has 3 aromatic heterocycles. The molecule has 34 heavy (non-hydrogen) atoms. The number of pyridine rings is 1. The molecule has 0 radical (unpaired) electrons. The van der Waals surface area contributed by atoms with Gasteiger partial charge in [0.1, 0.15) is 11.5 Å². The first-order chi connectivity index (χ1) is 16.4. The largest absolute Gasteiger partial charge is 0.348 e. The number of nitrogens with one attached hydrogen (secondary N) is 1. The summed E-state index contributed by atoms with van der Waals surface area (Å²) in [6.07, 6.45) is 4.56. The van der Waals surface area contributed by atoms with Gasteiger partial charge < -0.3 is 0 Å². The van der Waals surface area contributed by atoms with E-state index < -0.39 is 10.6 Å². The molecule has 0 spiro atoms. The van der Waals surface area contributed by atoms with Crippen LogP contribution in [0.5, 0.6) is 0 Å². The second kappa shape index (κ2) is 8.51. The molecule has 0 atom stereocenters. The molecule has 5 rings (SSSR count). The zero-order valence-corrected chi connectivity index (χ0v) is 18.7. The molecule has 1 N–H and O–H groups in total. The number of hydrogen-bond acceptors (Lipinski definition) is 6. The van der Waals surface area contributed by atoms with E-state index in [0.29, 0.717) is 24.3 Å². The van der Waals surface area contributed by atoms with Gasteiger partial charge in [-0.15, -0.1) is 0 Å². The molecule has 9 nitrogen and oxygen atoms in total. The van der Waals surface area contributed by atoms with E-state index >= 15 is 0 Å². The number of nitro benzene ring substituents is 1. The summed E-state index contributed by atoms with van der Waals surface area (Å²) in [5.74, 6) is 0.805. The smallest absolute Gasteiger partial charge is 0.290 e. The molecule has 0 bridgehead atoms. The van der Waals surface area contributed by atoms with Crippen LogP contribution in [-0.2, 0) is 12.8 Å². The average Bonchev–Trinajstić information content (AvgIpc) is 3.26. The van der Waals surface area contributed by atoms with Crippen molar-refractivity contribution in [3.05, 3.63) is 98.5 Å². The zero-order valence-electron chi connectivity index (χ0n) is 18.7. The van der Waals surface area contributed by atoms with Gasteiger partial charge in [-0.25, -0.2) is 9.31 Å². The van der Waals surface area contributed by atoms with Crippen molar-refractivity contribution in [1.82, 2.24) is 24.6 Å². The molecule has 9 heteroatoms. The maximum Gasteiger partial charge on any atom is 0.348 e. The lowest BCUT2D eigenvalue weighted by Crippen LogP contribution is -2.19. The second-order valence-corrected chi connectivity index (χ2v) is 8.45. The van der Waals surface area contributed by atoms with Crippen molar-refractivity contribution in [3.8, 4) is 11.3 Å². The van der Waals surface area contributed by atoms with Crippen molar-refractivity contribution in [2.45, 2.75) is 32.6 Å². The molecule has 0 saturated carbocycles. The molecular formula is C25H22N6O3. The Hall–Kier alpha value is -4.40. The predicted octanol–water partition coefficient (Wildman–Crippen LogP) is 4.45.